The van der Waals surface area contributed by atoms with Gasteiger partial charge in [-0.15, -0.1) is 0 Å². The van der Waals surface area contributed by atoms with E-state index in [9.17, 15) is 4.79 Å². The molecule has 5 nitrogen and oxygen atoms in total. The van der Waals surface area contributed by atoms with E-state index in [1.807, 2.05) is 55.5 Å². The Balaban J connectivity index is 1.49. The Labute approximate surface area is 141 Å². The Bertz CT molecular complexity index is 778. The first-order valence-electron chi connectivity index (χ1n) is 7.70. The molecule has 2 amide bonds. The Hall–Kier alpha value is -3.13. The molecule has 5 heteroatoms. The maximum absolute atomic E-state index is 11.9. The fourth-order valence-corrected chi connectivity index (χ4v) is 2.31. The summed E-state index contributed by atoms with van der Waals surface area (Å²) in [4.78, 5) is 11.9. The van der Waals surface area contributed by atoms with Crippen LogP contribution in [0.15, 0.2) is 48.5 Å². The van der Waals surface area contributed by atoms with E-state index in [0.29, 0.717) is 5.75 Å². The second-order valence-corrected chi connectivity index (χ2v) is 5.33. The lowest BCUT2D eigenvalue weighted by molar-refractivity contribution is 0.174. The number of fused-ring (bicyclic) bond motifs is 1. The number of carbonyl (C=O) groups excluding carboxylic acids is 1. The third-order valence-corrected chi connectivity index (χ3v) is 3.59. The van der Waals surface area contributed by atoms with Crippen molar-refractivity contribution in [2.75, 3.05) is 13.3 Å². The van der Waals surface area contributed by atoms with Crippen LogP contribution in [-0.4, -0.2) is 19.4 Å². The van der Waals surface area contributed by atoms with Crippen LogP contribution in [0.2, 0.25) is 0 Å². The number of amides is 2. The zero-order chi connectivity index (χ0) is 16.8. The first kappa shape index (κ1) is 15.8. The van der Waals surface area contributed by atoms with Crippen molar-refractivity contribution in [2.45, 2.75) is 13.0 Å². The van der Waals surface area contributed by atoms with Gasteiger partial charge in [0, 0.05) is 5.56 Å². The number of carbonyl (C=O) groups is 1. The zero-order valence-electron chi connectivity index (χ0n) is 13.3. The summed E-state index contributed by atoms with van der Waals surface area (Å²) in [5.74, 6) is 7.34. The van der Waals surface area contributed by atoms with E-state index in [1.54, 1.807) is 0 Å². The minimum atomic E-state index is -0.262. The highest BCUT2D eigenvalue weighted by Crippen LogP contribution is 2.34. The van der Waals surface area contributed by atoms with Crippen molar-refractivity contribution in [2.24, 2.45) is 0 Å². The summed E-state index contributed by atoms with van der Waals surface area (Å²) >= 11 is 0. The number of hydrogen-bond acceptors (Lipinski definition) is 3. The van der Waals surface area contributed by atoms with Crippen LogP contribution in [0.1, 0.15) is 24.1 Å². The minimum Gasteiger partial charge on any atom is -0.454 e. The Morgan fingerprint density at radius 2 is 1.96 bits per heavy atom. The van der Waals surface area contributed by atoms with Crippen LogP contribution in [0.4, 0.5) is 4.79 Å². The Kier molecular flexibility index (Phi) is 4.87. The summed E-state index contributed by atoms with van der Waals surface area (Å²) in [5, 5.41) is 5.60. The van der Waals surface area contributed by atoms with Gasteiger partial charge in [-0.2, -0.15) is 0 Å². The van der Waals surface area contributed by atoms with Gasteiger partial charge in [0.1, 0.15) is 0 Å². The molecule has 0 spiro atoms. The molecule has 122 valence electrons. The summed E-state index contributed by atoms with van der Waals surface area (Å²) < 4.78 is 10.6. The summed E-state index contributed by atoms with van der Waals surface area (Å²) in [5.41, 5.74) is 1.87. The molecule has 0 radical (unpaired) electrons. The van der Waals surface area contributed by atoms with E-state index in [1.165, 1.54) is 0 Å². The lowest BCUT2D eigenvalue weighted by atomic mass is 10.1. The molecule has 1 atom stereocenters. The topological polar surface area (TPSA) is 59.6 Å². The van der Waals surface area contributed by atoms with Crippen LogP contribution < -0.4 is 20.1 Å². The normalized spacial score (nSPS) is 12.7. The molecule has 0 aliphatic carbocycles. The van der Waals surface area contributed by atoms with Crippen LogP contribution in [0.25, 0.3) is 0 Å². The van der Waals surface area contributed by atoms with Crippen LogP contribution in [-0.2, 0) is 0 Å². The highest BCUT2D eigenvalue weighted by molar-refractivity contribution is 5.74. The van der Waals surface area contributed by atoms with Crippen molar-refractivity contribution < 1.29 is 14.3 Å². The molecule has 3 rings (SSSR count). The van der Waals surface area contributed by atoms with Crippen molar-refractivity contribution >= 4 is 6.03 Å². The highest BCUT2D eigenvalue weighted by atomic mass is 16.7. The molecule has 0 fully saturated rings. The van der Waals surface area contributed by atoms with Gasteiger partial charge < -0.3 is 20.1 Å². The summed E-state index contributed by atoms with van der Waals surface area (Å²) in [7, 11) is 0. The van der Waals surface area contributed by atoms with E-state index in [-0.39, 0.29) is 25.4 Å². The number of ether oxygens (including phenoxy) is 2. The molecule has 0 bridgehead atoms. The molecule has 1 unspecified atom stereocenters. The van der Waals surface area contributed by atoms with E-state index < -0.39 is 0 Å². The van der Waals surface area contributed by atoms with Crippen LogP contribution in [0, 0.1) is 11.8 Å². The first-order chi connectivity index (χ1) is 11.7. The zero-order valence-corrected chi connectivity index (χ0v) is 13.3. The maximum Gasteiger partial charge on any atom is 0.316 e. The second kappa shape index (κ2) is 7.42. The third-order valence-electron chi connectivity index (χ3n) is 3.59. The standard InChI is InChI=1S/C19H18N2O3/c1-14(16-9-10-17-18(12-16)24-13-23-17)21-19(22)20-11-5-8-15-6-3-2-4-7-15/h2-4,6-7,9-10,12,14H,11,13H2,1H3,(H2,20,21,22). The predicted octanol–water partition coefficient (Wildman–Crippen LogP) is 2.83. The van der Waals surface area contributed by atoms with Gasteiger partial charge in [0.25, 0.3) is 0 Å². The molecule has 24 heavy (non-hydrogen) atoms. The monoisotopic (exact) mass is 322 g/mol. The summed E-state index contributed by atoms with van der Waals surface area (Å²) in [6.07, 6.45) is 0. The van der Waals surface area contributed by atoms with Crippen LogP contribution >= 0.6 is 0 Å². The van der Waals surface area contributed by atoms with E-state index >= 15 is 0 Å². The van der Waals surface area contributed by atoms with Crippen molar-refractivity contribution in [1.29, 1.82) is 0 Å². The van der Waals surface area contributed by atoms with Gasteiger partial charge in [-0.25, -0.2) is 4.79 Å². The fraction of sp³-hybridized carbons (Fsp3) is 0.211. The number of nitrogens with one attached hydrogen (secondary N) is 2. The number of benzene rings is 2. The lowest BCUT2D eigenvalue weighted by Crippen LogP contribution is -2.37. The minimum absolute atomic E-state index is 0.151. The Morgan fingerprint density at radius 1 is 1.17 bits per heavy atom. The van der Waals surface area contributed by atoms with Crippen molar-refractivity contribution in [3.8, 4) is 23.3 Å². The average Bonchev–Trinajstić information content (AvgIpc) is 3.07. The molecule has 2 N–H and O–H groups in total. The maximum atomic E-state index is 11.9. The summed E-state index contributed by atoms with van der Waals surface area (Å²) in [6, 6.07) is 14.9. The largest absolute Gasteiger partial charge is 0.454 e. The van der Waals surface area contributed by atoms with E-state index in [2.05, 4.69) is 22.5 Å². The molecule has 0 saturated heterocycles. The van der Waals surface area contributed by atoms with Gasteiger partial charge in [-0.05, 0) is 36.8 Å². The number of rotatable bonds is 3. The molecule has 2 aromatic carbocycles. The van der Waals surface area contributed by atoms with Crippen LogP contribution in [0.3, 0.4) is 0 Å². The van der Waals surface area contributed by atoms with Gasteiger partial charge in [0.2, 0.25) is 6.79 Å². The van der Waals surface area contributed by atoms with E-state index in [4.69, 9.17) is 9.47 Å². The predicted molar refractivity (Wildman–Crippen MR) is 90.8 cm³/mol. The number of urea groups is 1. The van der Waals surface area contributed by atoms with Crippen LogP contribution in [0.5, 0.6) is 11.5 Å². The molecule has 2 aromatic rings. The van der Waals surface area contributed by atoms with Crippen molar-refractivity contribution in [3.63, 3.8) is 0 Å². The lowest BCUT2D eigenvalue weighted by Gasteiger charge is -2.14. The molecule has 0 saturated carbocycles. The smallest absolute Gasteiger partial charge is 0.316 e. The average molecular weight is 322 g/mol. The van der Waals surface area contributed by atoms with Gasteiger partial charge in [-0.1, -0.05) is 36.1 Å². The van der Waals surface area contributed by atoms with E-state index in [0.717, 1.165) is 16.9 Å². The second-order valence-electron chi connectivity index (χ2n) is 5.33. The molecule has 1 aliphatic rings. The Morgan fingerprint density at radius 3 is 2.79 bits per heavy atom. The molecule has 1 aliphatic heterocycles. The third kappa shape index (κ3) is 3.99. The number of hydrogen-bond donors (Lipinski definition) is 2. The van der Waals surface area contributed by atoms with Gasteiger partial charge in [0.15, 0.2) is 11.5 Å². The molecular weight excluding hydrogens is 304 g/mol. The molecular formula is C19H18N2O3. The van der Waals surface area contributed by atoms with Gasteiger partial charge in [-0.3, -0.25) is 0 Å². The fourth-order valence-electron chi connectivity index (χ4n) is 2.31. The molecule has 0 aromatic heterocycles. The van der Waals surface area contributed by atoms with Crippen molar-refractivity contribution in [3.05, 3.63) is 59.7 Å². The SMILES string of the molecule is CC(NC(=O)NCC#Cc1ccccc1)c1ccc2c(c1)OCO2. The van der Waals surface area contributed by atoms with Crippen molar-refractivity contribution in [1.82, 2.24) is 10.6 Å². The highest BCUT2D eigenvalue weighted by Gasteiger charge is 2.16. The summed E-state index contributed by atoms with van der Waals surface area (Å²) in [6.45, 7) is 2.43. The van der Waals surface area contributed by atoms with Gasteiger partial charge >= 0.3 is 6.03 Å². The first-order valence-corrected chi connectivity index (χ1v) is 7.70. The molecule has 1 heterocycles. The quantitative estimate of drug-likeness (QED) is 0.854. The van der Waals surface area contributed by atoms with Gasteiger partial charge in [0.05, 0.1) is 12.6 Å².